The van der Waals surface area contributed by atoms with Crippen LogP contribution in [0, 0.1) is 5.82 Å². The van der Waals surface area contributed by atoms with Gasteiger partial charge in [-0.2, -0.15) is 5.10 Å². The number of halogens is 1. The van der Waals surface area contributed by atoms with Gasteiger partial charge in [-0.3, -0.25) is 0 Å². The van der Waals surface area contributed by atoms with Gasteiger partial charge in [0, 0.05) is 29.1 Å². The van der Waals surface area contributed by atoms with Crippen LogP contribution in [0.1, 0.15) is 19.4 Å². The molecule has 4 nitrogen and oxygen atoms in total. The first-order valence-electron chi connectivity index (χ1n) is 6.35. The highest BCUT2D eigenvalue weighted by molar-refractivity contribution is 5.66. The minimum Gasteiger partial charge on any atom is -0.322 e. The Balaban J connectivity index is 2.32. The molecular weight excluding hydrogens is 255 g/mol. The molecule has 1 aromatic carbocycles. The third-order valence-corrected chi connectivity index (χ3v) is 3.18. The van der Waals surface area contributed by atoms with Crippen LogP contribution in [0.2, 0.25) is 0 Å². The maximum absolute atomic E-state index is 13.5. The van der Waals surface area contributed by atoms with Crippen molar-refractivity contribution in [2.75, 3.05) is 0 Å². The van der Waals surface area contributed by atoms with Gasteiger partial charge >= 0.3 is 0 Å². The number of aromatic nitrogens is 3. The van der Waals surface area contributed by atoms with Crippen LogP contribution in [-0.4, -0.2) is 14.6 Å². The Kier molecular flexibility index (Phi) is 2.79. The second kappa shape index (κ2) is 4.38. The molecule has 0 aliphatic carbocycles. The lowest BCUT2D eigenvalue weighted by Crippen LogP contribution is -2.30. The highest BCUT2D eigenvalue weighted by Crippen LogP contribution is 2.29. The zero-order valence-corrected chi connectivity index (χ0v) is 11.3. The first-order chi connectivity index (χ1) is 9.45. The molecule has 0 fully saturated rings. The predicted molar refractivity (Wildman–Crippen MR) is 75.6 cm³/mol. The minimum atomic E-state index is -0.595. The van der Waals surface area contributed by atoms with Crippen molar-refractivity contribution in [2.24, 2.45) is 5.73 Å². The molecule has 3 rings (SSSR count). The molecule has 0 amide bonds. The second-order valence-electron chi connectivity index (χ2n) is 5.37. The van der Waals surface area contributed by atoms with E-state index in [1.807, 2.05) is 26.0 Å². The minimum absolute atomic E-state index is 0.296. The first kappa shape index (κ1) is 12.7. The van der Waals surface area contributed by atoms with Gasteiger partial charge in [-0.25, -0.2) is 13.9 Å². The number of fused-ring (bicyclic) bond motifs is 1. The van der Waals surface area contributed by atoms with Gasteiger partial charge in [-0.15, -0.1) is 0 Å². The monoisotopic (exact) mass is 270 g/mol. The van der Waals surface area contributed by atoms with Gasteiger partial charge in [-0.1, -0.05) is 12.1 Å². The number of nitrogens with zero attached hydrogens (tertiary/aromatic N) is 3. The summed E-state index contributed by atoms with van der Waals surface area (Å²) in [7, 11) is 0. The molecule has 0 aliphatic heterocycles. The second-order valence-corrected chi connectivity index (χ2v) is 5.37. The summed E-state index contributed by atoms with van der Waals surface area (Å²) in [6.07, 6.45) is 3.43. The number of hydrogen-bond acceptors (Lipinski definition) is 3. The average molecular weight is 270 g/mol. The number of imidazole rings is 1. The smallest absolute Gasteiger partial charge is 0.153 e. The van der Waals surface area contributed by atoms with Gasteiger partial charge in [0.15, 0.2) is 5.65 Å². The number of nitrogens with two attached hydrogens (primary N) is 1. The van der Waals surface area contributed by atoms with E-state index in [4.69, 9.17) is 5.73 Å². The summed E-state index contributed by atoms with van der Waals surface area (Å²) < 4.78 is 15.1. The first-order valence-corrected chi connectivity index (χ1v) is 6.35. The zero-order chi connectivity index (χ0) is 14.3. The average Bonchev–Trinajstić information content (AvgIpc) is 2.83. The van der Waals surface area contributed by atoms with Crippen LogP contribution in [-0.2, 0) is 5.54 Å². The Hall–Kier alpha value is -2.27. The standard InChI is InChI=1S/C15H15FN4/c1-15(2,17)12-9-13-18-6-7-20(13)19-14(12)10-4-3-5-11(16)8-10/h3-9H,17H2,1-2H3. The molecule has 102 valence electrons. The van der Waals surface area contributed by atoms with Crippen LogP contribution in [0.4, 0.5) is 4.39 Å². The number of rotatable bonds is 2. The number of hydrogen-bond donors (Lipinski definition) is 1. The van der Waals surface area contributed by atoms with Crippen molar-refractivity contribution in [1.82, 2.24) is 14.6 Å². The van der Waals surface area contributed by atoms with Crippen LogP contribution in [0.25, 0.3) is 16.9 Å². The Morgan fingerprint density at radius 2 is 2.05 bits per heavy atom. The van der Waals surface area contributed by atoms with Crippen LogP contribution in [0.3, 0.4) is 0 Å². The fourth-order valence-electron chi connectivity index (χ4n) is 2.20. The summed E-state index contributed by atoms with van der Waals surface area (Å²) in [5.41, 5.74) is 8.55. The molecule has 3 aromatic rings. The largest absolute Gasteiger partial charge is 0.322 e. The van der Waals surface area contributed by atoms with Gasteiger partial charge in [0.25, 0.3) is 0 Å². The maximum Gasteiger partial charge on any atom is 0.153 e. The summed E-state index contributed by atoms with van der Waals surface area (Å²) in [5, 5.41) is 4.52. The molecule has 5 heteroatoms. The van der Waals surface area contributed by atoms with E-state index in [1.54, 1.807) is 23.0 Å². The molecule has 2 aromatic heterocycles. The van der Waals surface area contributed by atoms with Crippen molar-refractivity contribution in [3.63, 3.8) is 0 Å². The van der Waals surface area contributed by atoms with Crippen LogP contribution in [0.5, 0.6) is 0 Å². The van der Waals surface area contributed by atoms with E-state index in [0.29, 0.717) is 11.3 Å². The molecule has 0 spiro atoms. The van der Waals surface area contributed by atoms with Crippen LogP contribution in [0.15, 0.2) is 42.7 Å². The van der Waals surface area contributed by atoms with E-state index in [-0.39, 0.29) is 5.82 Å². The normalized spacial score (nSPS) is 12.0. The lowest BCUT2D eigenvalue weighted by molar-refractivity contribution is 0.552. The Morgan fingerprint density at radius 1 is 1.25 bits per heavy atom. The van der Waals surface area contributed by atoms with Crippen LogP contribution >= 0.6 is 0 Å². The highest BCUT2D eigenvalue weighted by Gasteiger charge is 2.22. The SMILES string of the molecule is CC(C)(N)c1cc2nccn2nc1-c1cccc(F)c1. The van der Waals surface area contributed by atoms with Crippen molar-refractivity contribution < 1.29 is 4.39 Å². The van der Waals surface area contributed by atoms with Gasteiger partial charge in [0.05, 0.1) is 5.69 Å². The van der Waals surface area contributed by atoms with Gasteiger partial charge < -0.3 is 5.73 Å². The third kappa shape index (κ3) is 2.16. The number of benzene rings is 1. The molecule has 0 saturated carbocycles. The van der Waals surface area contributed by atoms with E-state index < -0.39 is 5.54 Å². The molecular formula is C15H15FN4. The quantitative estimate of drug-likeness (QED) is 0.779. The zero-order valence-electron chi connectivity index (χ0n) is 11.3. The fraction of sp³-hybridized carbons (Fsp3) is 0.200. The summed E-state index contributed by atoms with van der Waals surface area (Å²) in [6.45, 7) is 3.79. The van der Waals surface area contributed by atoms with Gasteiger partial charge in [-0.05, 0) is 32.0 Å². The van der Waals surface area contributed by atoms with E-state index in [0.717, 1.165) is 11.2 Å². The summed E-state index contributed by atoms with van der Waals surface area (Å²) in [5.74, 6) is -0.296. The molecule has 2 heterocycles. The van der Waals surface area contributed by atoms with Gasteiger partial charge in [0.1, 0.15) is 5.82 Å². The van der Waals surface area contributed by atoms with Crippen molar-refractivity contribution in [3.8, 4) is 11.3 Å². The van der Waals surface area contributed by atoms with Crippen LogP contribution < -0.4 is 5.73 Å². The highest BCUT2D eigenvalue weighted by atomic mass is 19.1. The molecule has 0 aliphatic rings. The predicted octanol–water partition coefficient (Wildman–Crippen LogP) is 2.73. The van der Waals surface area contributed by atoms with Crippen molar-refractivity contribution in [2.45, 2.75) is 19.4 Å². The molecule has 2 N–H and O–H groups in total. The molecule has 0 radical (unpaired) electrons. The van der Waals surface area contributed by atoms with Crippen molar-refractivity contribution >= 4 is 5.65 Å². The maximum atomic E-state index is 13.5. The van der Waals surface area contributed by atoms with Crippen molar-refractivity contribution in [3.05, 3.63) is 54.1 Å². The summed E-state index contributed by atoms with van der Waals surface area (Å²) in [6, 6.07) is 8.25. The molecule has 0 unspecified atom stereocenters. The fourth-order valence-corrected chi connectivity index (χ4v) is 2.20. The Bertz CT molecular complexity index is 771. The lowest BCUT2D eigenvalue weighted by Gasteiger charge is -2.22. The molecule has 0 atom stereocenters. The topological polar surface area (TPSA) is 56.2 Å². The lowest BCUT2D eigenvalue weighted by atomic mass is 9.92. The van der Waals surface area contributed by atoms with E-state index in [1.165, 1.54) is 12.1 Å². The molecule has 0 saturated heterocycles. The Labute approximate surface area is 116 Å². The van der Waals surface area contributed by atoms with E-state index in [9.17, 15) is 4.39 Å². The third-order valence-electron chi connectivity index (χ3n) is 3.18. The Morgan fingerprint density at radius 3 is 2.75 bits per heavy atom. The van der Waals surface area contributed by atoms with Gasteiger partial charge in [0.2, 0.25) is 0 Å². The molecule has 20 heavy (non-hydrogen) atoms. The summed E-state index contributed by atoms with van der Waals surface area (Å²) >= 11 is 0. The van der Waals surface area contributed by atoms with Crippen molar-refractivity contribution in [1.29, 1.82) is 0 Å². The summed E-state index contributed by atoms with van der Waals surface area (Å²) in [4.78, 5) is 4.22. The molecule has 0 bridgehead atoms. The van der Waals surface area contributed by atoms with E-state index in [2.05, 4.69) is 10.1 Å². The van der Waals surface area contributed by atoms with E-state index >= 15 is 0 Å².